The van der Waals surface area contributed by atoms with Crippen LogP contribution in [0.5, 0.6) is 5.75 Å². The predicted molar refractivity (Wildman–Crippen MR) is 97.7 cm³/mol. The highest BCUT2D eigenvalue weighted by molar-refractivity contribution is 5.82. The van der Waals surface area contributed by atoms with Crippen molar-refractivity contribution in [3.63, 3.8) is 0 Å². The van der Waals surface area contributed by atoms with Crippen molar-refractivity contribution in [1.29, 1.82) is 0 Å². The summed E-state index contributed by atoms with van der Waals surface area (Å²) in [5.41, 5.74) is 5.39. The van der Waals surface area contributed by atoms with Crippen molar-refractivity contribution in [3.05, 3.63) is 60.4 Å². The molecular formula is C19H20N4O2. The highest BCUT2D eigenvalue weighted by Gasteiger charge is 2.04. The summed E-state index contributed by atoms with van der Waals surface area (Å²) in [5, 5.41) is 3.99. The number of carbonyl (C=O) groups excluding carboxylic acids is 1. The molecule has 2 aromatic carbocycles. The Balaban J connectivity index is 1.49. The Morgan fingerprint density at radius 3 is 2.84 bits per heavy atom. The first-order valence-electron chi connectivity index (χ1n) is 8.21. The maximum atomic E-state index is 11.9. The number of amides is 1. The Morgan fingerprint density at radius 2 is 2.04 bits per heavy atom. The van der Waals surface area contributed by atoms with Gasteiger partial charge in [-0.05, 0) is 48.9 Å². The number of carbonyl (C=O) groups is 1. The average molecular weight is 336 g/mol. The zero-order chi connectivity index (χ0) is 17.5. The molecule has 3 rings (SSSR count). The first kappa shape index (κ1) is 16.7. The molecular weight excluding hydrogens is 316 g/mol. The van der Waals surface area contributed by atoms with E-state index in [0.717, 1.165) is 22.3 Å². The number of ether oxygens (including phenoxy) is 1. The molecule has 6 heteroatoms. The maximum absolute atomic E-state index is 11.9. The average Bonchev–Trinajstić information content (AvgIpc) is 3.05. The van der Waals surface area contributed by atoms with E-state index in [0.29, 0.717) is 19.6 Å². The van der Waals surface area contributed by atoms with Gasteiger partial charge >= 0.3 is 0 Å². The predicted octanol–water partition coefficient (Wildman–Crippen LogP) is 2.98. The highest BCUT2D eigenvalue weighted by Crippen LogP contribution is 2.12. The molecule has 1 N–H and O–H groups in total. The largest absolute Gasteiger partial charge is 0.494 e. The van der Waals surface area contributed by atoms with E-state index in [9.17, 15) is 4.79 Å². The van der Waals surface area contributed by atoms with E-state index in [1.807, 2.05) is 60.0 Å². The number of imidazole rings is 1. The van der Waals surface area contributed by atoms with E-state index in [4.69, 9.17) is 4.74 Å². The second-order valence-corrected chi connectivity index (χ2v) is 5.47. The topological polar surface area (TPSA) is 68.5 Å². The van der Waals surface area contributed by atoms with Crippen molar-refractivity contribution >= 4 is 23.2 Å². The monoisotopic (exact) mass is 336 g/mol. The summed E-state index contributed by atoms with van der Waals surface area (Å²) in [6, 6.07) is 15.4. The van der Waals surface area contributed by atoms with Gasteiger partial charge in [0, 0.05) is 13.0 Å². The highest BCUT2D eigenvalue weighted by atomic mass is 16.5. The fraction of sp³-hybridized carbons (Fsp3) is 0.211. The first-order chi connectivity index (χ1) is 12.3. The molecule has 0 saturated heterocycles. The Hall–Kier alpha value is -3.15. The van der Waals surface area contributed by atoms with E-state index >= 15 is 0 Å². The molecule has 0 unspecified atom stereocenters. The molecule has 25 heavy (non-hydrogen) atoms. The zero-order valence-corrected chi connectivity index (χ0v) is 14.1. The Labute approximate surface area is 146 Å². The lowest BCUT2D eigenvalue weighted by Gasteiger charge is -2.04. The fourth-order valence-electron chi connectivity index (χ4n) is 2.46. The molecule has 0 bridgehead atoms. The van der Waals surface area contributed by atoms with Crippen molar-refractivity contribution in [2.45, 2.75) is 19.9 Å². The third kappa shape index (κ3) is 4.44. The van der Waals surface area contributed by atoms with Gasteiger partial charge in [-0.15, -0.1) is 0 Å². The van der Waals surface area contributed by atoms with Gasteiger partial charge in [-0.1, -0.05) is 12.1 Å². The summed E-state index contributed by atoms with van der Waals surface area (Å²) in [4.78, 5) is 16.2. The molecule has 128 valence electrons. The Morgan fingerprint density at radius 1 is 1.24 bits per heavy atom. The van der Waals surface area contributed by atoms with Crippen LogP contribution in [0.3, 0.4) is 0 Å². The molecule has 1 heterocycles. The number of para-hydroxylation sites is 2. The summed E-state index contributed by atoms with van der Waals surface area (Å²) in [5.74, 6) is 0.677. The van der Waals surface area contributed by atoms with Crippen LogP contribution in [0.4, 0.5) is 0 Å². The standard InChI is InChI=1S/C19H20N4O2/c1-2-25-16-9-7-15(8-10-16)13-21-22-19(24)11-12-23-14-20-17-5-3-4-6-18(17)23/h3-10,13-14H,2,11-12H2,1H3,(H,22,24)/b21-13-. The molecule has 0 radical (unpaired) electrons. The van der Waals surface area contributed by atoms with Crippen molar-refractivity contribution < 1.29 is 9.53 Å². The normalized spacial score (nSPS) is 11.1. The summed E-state index contributed by atoms with van der Waals surface area (Å²) in [6.45, 7) is 3.14. The second kappa shape index (κ2) is 8.10. The third-order valence-electron chi connectivity index (χ3n) is 3.70. The molecule has 0 aliphatic carbocycles. The summed E-state index contributed by atoms with van der Waals surface area (Å²) in [7, 11) is 0. The SMILES string of the molecule is CCOc1ccc(/C=N\NC(=O)CCn2cnc3ccccc32)cc1. The summed E-state index contributed by atoms with van der Waals surface area (Å²) >= 11 is 0. The number of hydrazone groups is 1. The minimum Gasteiger partial charge on any atom is -0.494 e. The van der Waals surface area contributed by atoms with Gasteiger partial charge < -0.3 is 9.30 Å². The molecule has 0 saturated carbocycles. The number of aryl methyl sites for hydroxylation is 1. The summed E-state index contributed by atoms with van der Waals surface area (Å²) in [6.07, 6.45) is 3.70. The van der Waals surface area contributed by atoms with Gasteiger partial charge in [-0.2, -0.15) is 5.10 Å². The lowest BCUT2D eigenvalue weighted by Crippen LogP contribution is -2.19. The number of hydrogen-bond acceptors (Lipinski definition) is 4. The van der Waals surface area contributed by atoms with Crippen LogP contribution in [0, 0.1) is 0 Å². The number of nitrogens with zero attached hydrogens (tertiary/aromatic N) is 3. The van der Waals surface area contributed by atoms with Crippen LogP contribution < -0.4 is 10.2 Å². The van der Waals surface area contributed by atoms with Crippen LogP contribution in [0.1, 0.15) is 18.9 Å². The van der Waals surface area contributed by atoms with Gasteiger partial charge in [0.2, 0.25) is 5.91 Å². The van der Waals surface area contributed by atoms with Gasteiger partial charge in [0.15, 0.2) is 0 Å². The lowest BCUT2D eigenvalue weighted by atomic mass is 10.2. The Bertz CT molecular complexity index is 869. The van der Waals surface area contributed by atoms with Gasteiger partial charge in [0.05, 0.1) is 30.2 Å². The van der Waals surface area contributed by atoms with Crippen LogP contribution in [-0.4, -0.2) is 28.3 Å². The maximum Gasteiger partial charge on any atom is 0.241 e. The number of benzene rings is 2. The molecule has 0 aliphatic rings. The van der Waals surface area contributed by atoms with Crippen LogP contribution in [0.15, 0.2) is 60.0 Å². The van der Waals surface area contributed by atoms with Gasteiger partial charge in [0.1, 0.15) is 5.75 Å². The number of fused-ring (bicyclic) bond motifs is 1. The smallest absolute Gasteiger partial charge is 0.241 e. The van der Waals surface area contributed by atoms with Crippen LogP contribution in [0.25, 0.3) is 11.0 Å². The number of hydrogen-bond donors (Lipinski definition) is 1. The van der Waals surface area contributed by atoms with Crippen LogP contribution >= 0.6 is 0 Å². The number of aromatic nitrogens is 2. The minimum absolute atomic E-state index is 0.139. The molecule has 0 fully saturated rings. The molecule has 1 aromatic heterocycles. The minimum atomic E-state index is -0.139. The second-order valence-electron chi connectivity index (χ2n) is 5.47. The molecule has 0 aliphatic heterocycles. The van der Waals surface area contributed by atoms with Gasteiger partial charge in [-0.25, -0.2) is 10.4 Å². The first-order valence-corrected chi connectivity index (χ1v) is 8.21. The van der Waals surface area contributed by atoms with E-state index in [1.54, 1.807) is 12.5 Å². The Kier molecular flexibility index (Phi) is 5.41. The molecule has 0 atom stereocenters. The summed E-state index contributed by atoms with van der Waals surface area (Å²) < 4.78 is 7.34. The van der Waals surface area contributed by atoms with Crippen molar-refractivity contribution in [3.8, 4) is 5.75 Å². The van der Waals surface area contributed by atoms with E-state index < -0.39 is 0 Å². The van der Waals surface area contributed by atoms with E-state index in [1.165, 1.54) is 0 Å². The van der Waals surface area contributed by atoms with Crippen molar-refractivity contribution in [1.82, 2.24) is 15.0 Å². The van der Waals surface area contributed by atoms with Gasteiger partial charge in [0.25, 0.3) is 0 Å². The lowest BCUT2D eigenvalue weighted by molar-refractivity contribution is -0.121. The molecule has 1 amide bonds. The number of nitrogens with one attached hydrogen (secondary N) is 1. The van der Waals surface area contributed by atoms with E-state index in [2.05, 4.69) is 15.5 Å². The van der Waals surface area contributed by atoms with Crippen LogP contribution in [-0.2, 0) is 11.3 Å². The molecule has 3 aromatic rings. The quantitative estimate of drug-likeness (QED) is 0.533. The molecule has 0 spiro atoms. The van der Waals surface area contributed by atoms with Crippen molar-refractivity contribution in [2.75, 3.05) is 6.61 Å². The van der Waals surface area contributed by atoms with E-state index in [-0.39, 0.29) is 5.91 Å². The zero-order valence-electron chi connectivity index (χ0n) is 14.1. The van der Waals surface area contributed by atoms with Crippen molar-refractivity contribution in [2.24, 2.45) is 5.10 Å². The number of rotatable bonds is 7. The fourth-order valence-corrected chi connectivity index (χ4v) is 2.46. The third-order valence-corrected chi connectivity index (χ3v) is 3.70. The van der Waals surface area contributed by atoms with Gasteiger partial charge in [-0.3, -0.25) is 4.79 Å². The van der Waals surface area contributed by atoms with Crippen LogP contribution in [0.2, 0.25) is 0 Å². The molecule has 6 nitrogen and oxygen atoms in total.